The Kier molecular flexibility index (Phi) is 6.17. The molecule has 0 aliphatic carbocycles. The monoisotopic (exact) mass is 314 g/mol. The van der Waals surface area contributed by atoms with Gasteiger partial charge in [0, 0.05) is 6.54 Å². The van der Waals surface area contributed by atoms with Crippen LogP contribution in [0.2, 0.25) is 0 Å². The summed E-state index contributed by atoms with van der Waals surface area (Å²) in [5.41, 5.74) is 0.608. The Morgan fingerprint density at radius 3 is 2.57 bits per heavy atom. The molecule has 0 aromatic heterocycles. The number of benzene rings is 1. The molecule has 1 aromatic rings. The van der Waals surface area contributed by atoms with Gasteiger partial charge < -0.3 is 10.1 Å². The lowest BCUT2D eigenvalue weighted by Crippen LogP contribution is -2.30. The van der Waals surface area contributed by atoms with E-state index >= 15 is 0 Å². The molecular weight excluding hydrogens is 292 g/mol. The molecule has 0 unspecified atom stereocenters. The van der Waals surface area contributed by atoms with Crippen molar-refractivity contribution in [3.63, 3.8) is 0 Å². The van der Waals surface area contributed by atoms with E-state index in [1.54, 1.807) is 6.92 Å². The van der Waals surface area contributed by atoms with Crippen LogP contribution in [-0.2, 0) is 14.8 Å². The van der Waals surface area contributed by atoms with Crippen molar-refractivity contribution in [2.24, 2.45) is 11.1 Å². The number of sulfonamides is 1. The summed E-state index contributed by atoms with van der Waals surface area (Å²) in [6.07, 6.45) is 0.911. The highest BCUT2D eigenvalue weighted by Gasteiger charge is 2.11. The fraction of sp³-hybridized carbons (Fsp3) is 0.500. The maximum Gasteiger partial charge on any atom is 0.257 e. The Bertz CT molecular complexity index is 597. The molecule has 0 aliphatic rings. The summed E-state index contributed by atoms with van der Waals surface area (Å²) >= 11 is 0. The molecule has 0 saturated heterocycles. The molecule has 1 aromatic carbocycles. The van der Waals surface area contributed by atoms with Crippen LogP contribution in [0.4, 0.5) is 0 Å². The third kappa shape index (κ3) is 6.14. The summed E-state index contributed by atoms with van der Waals surface area (Å²) in [7, 11) is -3.73. The molecule has 0 bridgehead atoms. The van der Waals surface area contributed by atoms with Crippen molar-refractivity contribution in [2.75, 3.05) is 13.2 Å². The van der Waals surface area contributed by atoms with Crippen molar-refractivity contribution in [3.8, 4) is 5.75 Å². The average Bonchev–Trinajstić information content (AvgIpc) is 2.35. The number of carbonyl (C=O) groups is 1. The van der Waals surface area contributed by atoms with Crippen LogP contribution >= 0.6 is 0 Å². The second-order valence-electron chi connectivity index (χ2n) is 5.29. The Balaban J connectivity index is 2.54. The number of nitrogens with two attached hydrogens (primary N) is 1. The zero-order valence-corrected chi connectivity index (χ0v) is 13.4. The van der Waals surface area contributed by atoms with Gasteiger partial charge in [0.25, 0.3) is 5.91 Å². The van der Waals surface area contributed by atoms with Crippen LogP contribution < -0.4 is 15.2 Å². The first-order valence-electron chi connectivity index (χ1n) is 6.73. The van der Waals surface area contributed by atoms with Gasteiger partial charge in [-0.15, -0.1) is 0 Å². The minimum atomic E-state index is -3.73. The number of nitrogens with one attached hydrogen (secondary N) is 1. The van der Waals surface area contributed by atoms with Crippen LogP contribution in [0.1, 0.15) is 25.8 Å². The van der Waals surface area contributed by atoms with Crippen molar-refractivity contribution in [2.45, 2.75) is 32.1 Å². The first-order valence-corrected chi connectivity index (χ1v) is 8.27. The van der Waals surface area contributed by atoms with E-state index in [-0.39, 0.29) is 17.4 Å². The van der Waals surface area contributed by atoms with Gasteiger partial charge in [-0.25, -0.2) is 13.6 Å². The first kappa shape index (κ1) is 17.5. The highest BCUT2D eigenvalue weighted by molar-refractivity contribution is 7.89. The summed E-state index contributed by atoms with van der Waals surface area (Å²) < 4.78 is 27.8. The molecule has 6 nitrogen and oxygen atoms in total. The predicted octanol–water partition coefficient (Wildman–Crippen LogP) is 1.18. The van der Waals surface area contributed by atoms with Crippen LogP contribution in [0, 0.1) is 12.8 Å². The highest BCUT2D eigenvalue weighted by Crippen LogP contribution is 2.20. The number of primary sulfonamides is 1. The molecule has 1 amide bonds. The van der Waals surface area contributed by atoms with Gasteiger partial charge in [-0.1, -0.05) is 13.8 Å². The SMILES string of the molecule is Cc1cc(S(N)(=O)=O)ccc1OCC(=O)NCCC(C)C. The first-order chi connectivity index (χ1) is 9.70. The number of aryl methyl sites for hydroxylation is 1. The van der Waals surface area contributed by atoms with Gasteiger partial charge in [0.05, 0.1) is 4.90 Å². The van der Waals surface area contributed by atoms with E-state index in [2.05, 4.69) is 19.2 Å². The molecule has 1 rings (SSSR count). The standard InChI is InChI=1S/C14H22N2O4S/c1-10(2)6-7-16-14(17)9-20-13-5-4-12(8-11(13)3)21(15,18)19/h4-5,8,10H,6-7,9H2,1-3H3,(H,16,17)(H2,15,18,19). The van der Waals surface area contributed by atoms with Crippen molar-refractivity contribution in [3.05, 3.63) is 23.8 Å². The molecule has 0 radical (unpaired) electrons. The summed E-state index contributed by atoms with van der Waals surface area (Å²) in [5, 5.41) is 7.80. The van der Waals surface area contributed by atoms with E-state index in [0.29, 0.717) is 23.8 Å². The topological polar surface area (TPSA) is 98.5 Å². The fourth-order valence-electron chi connectivity index (χ4n) is 1.66. The van der Waals surface area contributed by atoms with Gasteiger partial charge in [0.2, 0.25) is 10.0 Å². The molecule has 21 heavy (non-hydrogen) atoms. The summed E-state index contributed by atoms with van der Waals surface area (Å²) in [5.74, 6) is 0.784. The average molecular weight is 314 g/mol. The molecule has 0 atom stereocenters. The quantitative estimate of drug-likeness (QED) is 0.789. The van der Waals surface area contributed by atoms with Gasteiger partial charge in [0.15, 0.2) is 6.61 Å². The highest BCUT2D eigenvalue weighted by atomic mass is 32.2. The van der Waals surface area contributed by atoms with Crippen molar-refractivity contribution in [1.29, 1.82) is 0 Å². The molecule has 0 aliphatic heterocycles. The zero-order valence-electron chi connectivity index (χ0n) is 12.5. The molecule has 3 N–H and O–H groups in total. The third-order valence-electron chi connectivity index (χ3n) is 2.88. The molecule has 0 saturated carbocycles. The Labute approximate surface area is 125 Å². The van der Waals surface area contributed by atoms with Crippen LogP contribution in [0.5, 0.6) is 5.75 Å². The van der Waals surface area contributed by atoms with E-state index in [1.165, 1.54) is 18.2 Å². The third-order valence-corrected chi connectivity index (χ3v) is 3.79. The van der Waals surface area contributed by atoms with Gasteiger partial charge >= 0.3 is 0 Å². The lowest BCUT2D eigenvalue weighted by Gasteiger charge is -2.11. The number of ether oxygens (including phenoxy) is 1. The van der Waals surface area contributed by atoms with Crippen molar-refractivity contribution in [1.82, 2.24) is 5.32 Å². The molecule has 118 valence electrons. The van der Waals surface area contributed by atoms with Crippen molar-refractivity contribution < 1.29 is 17.9 Å². The molecule has 0 spiro atoms. The number of hydrogen-bond acceptors (Lipinski definition) is 4. The smallest absolute Gasteiger partial charge is 0.257 e. The second kappa shape index (κ2) is 7.42. The van der Waals surface area contributed by atoms with E-state index in [4.69, 9.17) is 9.88 Å². The second-order valence-corrected chi connectivity index (χ2v) is 6.85. The van der Waals surface area contributed by atoms with Crippen molar-refractivity contribution >= 4 is 15.9 Å². The van der Waals surface area contributed by atoms with E-state index < -0.39 is 10.0 Å². The van der Waals surface area contributed by atoms with Gasteiger partial charge in [-0.3, -0.25) is 4.79 Å². The van der Waals surface area contributed by atoms with Crippen LogP contribution in [-0.4, -0.2) is 27.5 Å². The number of carbonyl (C=O) groups excluding carboxylic acids is 1. The van der Waals surface area contributed by atoms with Gasteiger partial charge in [0.1, 0.15) is 5.75 Å². The molecule has 0 fully saturated rings. The number of hydrogen-bond donors (Lipinski definition) is 2. The van der Waals surface area contributed by atoms with E-state index in [1.807, 2.05) is 0 Å². The maximum atomic E-state index is 11.6. The van der Waals surface area contributed by atoms with Gasteiger partial charge in [-0.2, -0.15) is 0 Å². The Hall–Kier alpha value is -1.60. The molecule has 7 heteroatoms. The van der Waals surface area contributed by atoms with Crippen LogP contribution in [0.25, 0.3) is 0 Å². The number of amides is 1. The van der Waals surface area contributed by atoms with Crippen LogP contribution in [0.15, 0.2) is 23.1 Å². The van der Waals surface area contributed by atoms with E-state index in [9.17, 15) is 13.2 Å². The Morgan fingerprint density at radius 1 is 1.38 bits per heavy atom. The van der Waals surface area contributed by atoms with Crippen LogP contribution in [0.3, 0.4) is 0 Å². The largest absolute Gasteiger partial charge is 0.484 e. The zero-order chi connectivity index (χ0) is 16.0. The minimum Gasteiger partial charge on any atom is -0.484 e. The molecular formula is C14H22N2O4S. The van der Waals surface area contributed by atoms with E-state index in [0.717, 1.165) is 6.42 Å². The maximum absolute atomic E-state index is 11.6. The fourth-order valence-corrected chi connectivity index (χ4v) is 2.25. The Morgan fingerprint density at radius 2 is 2.05 bits per heavy atom. The minimum absolute atomic E-state index is 0.0220. The summed E-state index contributed by atoms with van der Waals surface area (Å²) in [6.45, 7) is 6.37. The summed E-state index contributed by atoms with van der Waals surface area (Å²) in [6, 6.07) is 4.27. The van der Waals surface area contributed by atoms with Gasteiger partial charge in [-0.05, 0) is 43.0 Å². The number of rotatable bonds is 7. The summed E-state index contributed by atoms with van der Waals surface area (Å²) in [4.78, 5) is 11.6. The normalized spacial score (nSPS) is 11.5. The lowest BCUT2D eigenvalue weighted by atomic mass is 10.1. The molecule has 0 heterocycles. The predicted molar refractivity (Wildman–Crippen MR) is 80.5 cm³/mol. The lowest BCUT2D eigenvalue weighted by molar-refractivity contribution is -0.123.